The highest BCUT2D eigenvalue weighted by atomic mass is 16.4. The van der Waals surface area contributed by atoms with Crippen molar-refractivity contribution in [1.82, 2.24) is 5.32 Å². The number of anilines is 1. The normalized spacial score (nSPS) is 10.7. The van der Waals surface area contributed by atoms with Crippen LogP contribution in [0.3, 0.4) is 0 Å². The summed E-state index contributed by atoms with van der Waals surface area (Å²) in [4.78, 5) is 22.3. The lowest BCUT2D eigenvalue weighted by molar-refractivity contribution is -0.136. The predicted octanol–water partition coefficient (Wildman–Crippen LogP) is 2.44. The van der Waals surface area contributed by atoms with Crippen molar-refractivity contribution < 1.29 is 14.7 Å². The summed E-state index contributed by atoms with van der Waals surface area (Å²) < 4.78 is 0. The minimum absolute atomic E-state index is 0.0873. The molecule has 1 aromatic carbocycles. The molecule has 0 aliphatic carbocycles. The Hall–Kier alpha value is -2.81. The van der Waals surface area contributed by atoms with Gasteiger partial charge in [0, 0.05) is 18.4 Å². The summed E-state index contributed by atoms with van der Waals surface area (Å²) in [7, 11) is 0. The molecule has 0 aromatic heterocycles. The smallest absolute Gasteiger partial charge is 0.305 e. The number of carbonyl (C=O) groups is 2. The van der Waals surface area contributed by atoms with E-state index < -0.39 is 11.9 Å². The standard InChI is InChI=1S/C17H21N3O3/c1-2-3-4-13-5-7-15(8-6-13)20-17(23)14(11-18)12-19-10-9-16(21)22/h5-8,12,19H,2-4,9-10H2,1H3,(H,20,23)(H,21,22)/b14-12-. The molecule has 0 aliphatic rings. The van der Waals surface area contributed by atoms with E-state index in [4.69, 9.17) is 10.4 Å². The van der Waals surface area contributed by atoms with Crippen molar-refractivity contribution in [3.63, 3.8) is 0 Å². The molecule has 1 rings (SSSR count). The molecule has 0 aliphatic heterocycles. The molecule has 122 valence electrons. The van der Waals surface area contributed by atoms with Crippen LogP contribution in [0.5, 0.6) is 0 Å². The van der Waals surface area contributed by atoms with Crippen LogP contribution in [0.25, 0.3) is 0 Å². The van der Waals surface area contributed by atoms with E-state index in [1.807, 2.05) is 12.1 Å². The minimum Gasteiger partial charge on any atom is -0.481 e. The third-order valence-corrected chi connectivity index (χ3v) is 3.13. The van der Waals surface area contributed by atoms with Crippen LogP contribution in [0, 0.1) is 11.3 Å². The second-order valence-corrected chi connectivity index (χ2v) is 5.02. The average molecular weight is 315 g/mol. The third kappa shape index (κ3) is 7.14. The van der Waals surface area contributed by atoms with Crippen LogP contribution in [0.4, 0.5) is 5.69 Å². The Kier molecular flexibility index (Phi) is 7.94. The van der Waals surface area contributed by atoms with Crippen LogP contribution in [-0.4, -0.2) is 23.5 Å². The van der Waals surface area contributed by atoms with E-state index in [1.54, 1.807) is 18.2 Å². The summed E-state index contributed by atoms with van der Waals surface area (Å²) in [5.41, 5.74) is 1.71. The lowest BCUT2D eigenvalue weighted by Crippen LogP contribution is -2.18. The number of carbonyl (C=O) groups excluding carboxylic acids is 1. The fraction of sp³-hybridized carbons (Fsp3) is 0.353. The zero-order chi connectivity index (χ0) is 17.1. The van der Waals surface area contributed by atoms with Gasteiger partial charge >= 0.3 is 5.97 Å². The second kappa shape index (κ2) is 10.0. The van der Waals surface area contributed by atoms with Crippen LogP contribution in [0.2, 0.25) is 0 Å². The number of benzene rings is 1. The number of hydrogen-bond donors (Lipinski definition) is 3. The molecule has 0 fully saturated rings. The molecule has 0 radical (unpaired) electrons. The van der Waals surface area contributed by atoms with Gasteiger partial charge in [-0.25, -0.2) is 0 Å². The maximum atomic E-state index is 12.0. The Bertz CT molecular complexity index is 601. The van der Waals surface area contributed by atoms with Crippen LogP contribution >= 0.6 is 0 Å². The number of rotatable bonds is 9. The van der Waals surface area contributed by atoms with Crippen molar-refractivity contribution in [2.45, 2.75) is 32.6 Å². The van der Waals surface area contributed by atoms with Gasteiger partial charge in [-0.3, -0.25) is 9.59 Å². The molecule has 1 amide bonds. The molecule has 3 N–H and O–H groups in total. The van der Waals surface area contributed by atoms with E-state index in [9.17, 15) is 9.59 Å². The molecule has 0 saturated carbocycles. The Labute approximate surface area is 135 Å². The van der Waals surface area contributed by atoms with Gasteiger partial charge in [0.25, 0.3) is 5.91 Å². The number of aryl methyl sites for hydroxylation is 1. The van der Waals surface area contributed by atoms with Gasteiger partial charge in [0.15, 0.2) is 0 Å². The Morgan fingerprint density at radius 2 is 2.00 bits per heavy atom. The Morgan fingerprint density at radius 3 is 2.57 bits per heavy atom. The molecule has 0 saturated heterocycles. The van der Waals surface area contributed by atoms with E-state index in [0.29, 0.717) is 5.69 Å². The molecular formula is C17H21N3O3. The Balaban J connectivity index is 2.57. The van der Waals surface area contributed by atoms with E-state index in [-0.39, 0.29) is 18.5 Å². The van der Waals surface area contributed by atoms with E-state index in [1.165, 1.54) is 11.8 Å². The highest BCUT2D eigenvalue weighted by Crippen LogP contribution is 2.12. The van der Waals surface area contributed by atoms with Crippen LogP contribution < -0.4 is 10.6 Å². The maximum absolute atomic E-state index is 12.0. The van der Waals surface area contributed by atoms with E-state index in [2.05, 4.69) is 17.6 Å². The number of nitriles is 1. The molecule has 0 heterocycles. The summed E-state index contributed by atoms with van der Waals surface area (Å²) in [6.07, 6.45) is 4.39. The zero-order valence-electron chi connectivity index (χ0n) is 13.1. The summed E-state index contributed by atoms with van der Waals surface area (Å²) in [5, 5.41) is 22.8. The maximum Gasteiger partial charge on any atom is 0.305 e. The van der Waals surface area contributed by atoms with E-state index in [0.717, 1.165) is 19.3 Å². The molecule has 0 atom stereocenters. The predicted molar refractivity (Wildman–Crippen MR) is 87.6 cm³/mol. The third-order valence-electron chi connectivity index (χ3n) is 3.13. The fourth-order valence-electron chi connectivity index (χ4n) is 1.84. The molecule has 23 heavy (non-hydrogen) atoms. The van der Waals surface area contributed by atoms with Crippen LogP contribution in [0.1, 0.15) is 31.7 Å². The van der Waals surface area contributed by atoms with Crippen molar-refractivity contribution >= 4 is 17.6 Å². The average Bonchev–Trinajstić information content (AvgIpc) is 2.54. The van der Waals surface area contributed by atoms with Crippen molar-refractivity contribution in [2.24, 2.45) is 0 Å². The number of carboxylic acids is 1. The first kappa shape index (κ1) is 18.2. The number of nitrogens with zero attached hydrogens (tertiary/aromatic N) is 1. The summed E-state index contributed by atoms with van der Waals surface area (Å²) in [6, 6.07) is 9.29. The van der Waals surface area contributed by atoms with Gasteiger partial charge in [-0.2, -0.15) is 5.26 Å². The lowest BCUT2D eigenvalue weighted by Gasteiger charge is -2.06. The SMILES string of the molecule is CCCCc1ccc(NC(=O)/C(C#N)=C\NCCC(=O)O)cc1. The van der Waals surface area contributed by atoms with Crippen molar-refractivity contribution in [3.05, 3.63) is 41.6 Å². The number of nitrogens with one attached hydrogen (secondary N) is 2. The van der Waals surface area contributed by atoms with Crippen molar-refractivity contribution in [1.29, 1.82) is 5.26 Å². The Morgan fingerprint density at radius 1 is 1.30 bits per heavy atom. The second-order valence-electron chi connectivity index (χ2n) is 5.02. The molecule has 0 unspecified atom stereocenters. The van der Waals surface area contributed by atoms with Gasteiger partial charge in [-0.15, -0.1) is 0 Å². The van der Waals surface area contributed by atoms with Gasteiger partial charge < -0.3 is 15.7 Å². The highest BCUT2D eigenvalue weighted by molar-refractivity contribution is 6.06. The summed E-state index contributed by atoms with van der Waals surface area (Å²) >= 11 is 0. The molecule has 0 spiro atoms. The van der Waals surface area contributed by atoms with Gasteiger partial charge in [0.05, 0.1) is 6.42 Å². The molecule has 6 heteroatoms. The van der Waals surface area contributed by atoms with Gasteiger partial charge in [0.1, 0.15) is 11.6 Å². The number of carboxylic acid groups (broad SMARTS) is 1. The van der Waals surface area contributed by atoms with Crippen LogP contribution in [-0.2, 0) is 16.0 Å². The number of amides is 1. The first-order valence-electron chi connectivity index (χ1n) is 7.52. The van der Waals surface area contributed by atoms with E-state index >= 15 is 0 Å². The molecular weight excluding hydrogens is 294 g/mol. The first-order chi connectivity index (χ1) is 11.1. The van der Waals surface area contributed by atoms with Crippen LogP contribution in [0.15, 0.2) is 36.0 Å². The number of unbranched alkanes of at least 4 members (excludes halogenated alkanes) is 1. The number of aliphatic carboxylic acids is 1. The summed E-state index contributed by atoms with van der Waals surface area (Å²) in [6.45, 7) is 2.29. The largest absolute Gasteiger partial charge is 0.481 e. The summed E-state index contributed by atoms with van der Waals surface area (Å²) in [5.74, 6) is -1.48. The van der Waals surface area contributed by atoms with Crippen molar-refractivity contribution in [2.75, 3.05) is 11.9 Å². The topological polar surface area (TPSA) is 102 Å². The first-order valence-corrected chi connectivity index (χ1v) is 7.52. The van der Waals surface area contributed by atoms with Crippen molar-refractivity contribution in [3.8, 4) is 6.07 Å². The monoisotopic (exact) mass is 315 g/mol. The lowest BCUT2D eigenvalue weighted by atomic mass is 10.1. The zero-order valence-corrected chi connectivity index (χ0v) is 13.1. The highest BCUT2D eigenvalue weighted by Gasteiger charge is 2.09. The quantitative estimate of drug-likeness (QED) is 0.369. The molecule has 6 nitrogen and oxygen atoms in total. The van der Waals surface area contributed by atoms with Gasteiger partial charge in [-0.05, 0) is 30.5 Å². The minimum atomic E-state index is -0.947. The molecule has 0 bridgehead atoms. The van der Waals surface area contributed by atoms with Gasteiger partial charge in [-0.1, -0.05) is 25.5 Å². The number of hydrogen-bond acceptors (Lipinski definition) is 4. The fourth-order valence-corrected chi connectivity index (χ4v) is 1.84. The molecule has 1 aromatic rings. The van der Waals surface area contributed by atoms with Gasteiger partial charge in [0.2, 0.25) is 0 Å².